The van der Waals surface area contributed by atoms with Crippen LogP contribution in [0.25, 0.3) is 0 Å². The molecular formula is C15H12NO3-. The van der Waals surface area contributed by atoms with Gasteiger partial charge in [-0.2, -0.15) is 0 Å². The Bertz CT molecular complexity index is 635. The summed E-state index contributed by atoms with van der Waals surface area (Å²) in [5.74, 6) is -1.83. The van der Waals surface area contributed by atoms with E-state index in [1.807, 2.05) is 19.1 Å². The summed E-state index contributed by atoms with van der Waals surface area (Å²) >= 11 is 0. The number of carbonyl (C=O) groups excluding carboxylic acids is 2. The molecule has 0 heterocycles. The number of aromatic carboxylic acids is 1. The van der Waals surface area contributed by atoms with Crippen LogP contribution >= 0.6 is 0 Å². The van der Waals surface area contributed by atoms with E-state index >= 15 is 0 Å². The van der Waals surface area contributed by atoms with Crippen LogP contribution in [0.2, 0.25) is 0 Å². The van der Waals surface area contributed by atoms with E-state index in [1.165, 1.54) is 12.1 Å². The number of carbonyl (C=O) groups is 2. The second-order valence-corrected chi connectivity index (χ2v) is 4.10. The molecule has 0 fully saturated rings. The zero-order chi connectivity index (χ0) is 13.8. The first-order valence-electron chi connectivity index (χ1n) is 5.77. The second-order valence-electron chi connectivity index (χ2n) is 4.10. The van der Waals surface area contributed by atoms with Crippen molar-refractivity contribution in [2.24, 2.45) is 0 Å². The quantitative estimate of drug-likeness (QED) is 0.904. The van der Waals surface area contributed by atoms with E-state index < -0.39 is 11.9 Å². The van der Waals surface area contributed by atoms with E-state index in [1.54, 1.807) is 24.3 Å². The summed E-state index contributed by atoms with van der Waals surface area (Å²) < 4.78 is 0. The SMILES string of the molecule is Cc1ccccc1NC(=O)c1ccccc1C(=O)[O-]. The number of amides is 1. The first-order chi connectivity index (χ1) is 9.09. The van der Waals surface area contributed by atoms with Crippen LogP contribution in [0.5, 0.6) is 0 Å². The van der Waals surface area contributed by atoms with Gasteiger partial charge in [0.2, 0.25) is 0 Å². The van der Waals surface area contributed by atoms with Gasteiger partial charge in [-0.25, -0.2) is 0 Å². The molecule has 0 aliphatic heterocycles. The summed E-state index contributed by atoms with van der Waals surface area (Å²) in [6, 6.07) is 13.2. The molecule has 0 unspecified atom stereocenters. The van der Waals surface area contributed by atoms with Gasteiger partial charge in [-0.3, -0.25) is 4.79 Å². The van der Waals surface area contributed by atoms with Crippen LogP contribution in [0, 0.1) is 6.92 Å². The summed E-state index contributed by atoms with van der Waals surface area (Å²) in [5, 5.41) is 13.6. The largest absolute Gasteiger partial charge is 0.545 e. The number of carboxylic acid groups (broad SMARTS) is 1. The topological polar surface area (TPSA) is 69.2 Å². The molecule has 0 spiro atoms. The fourth-order valence-corrected chi connectivity index (χ4v) is 1.76. The highest BCUT2D eigenvalue weighted by Crippen LogP contribution is 2.16. The third kappa shape index (κ3) is 2.80. The zero-order valence-electron chi connectivity index (χ0n) is 10.3. The summed E-state index contributed by atoms with van der Waals surface area (Å²) in [6.45, 7) is 1.86. The maximum absolute atomic E-state index is 12.1. The molecule has 0 aliphatic carbocycles. The van der Waals surface area contributed by atoms with Crippen molar-refractivity contribution < 1.29 is 14.7 Å². The predicted molar refractivity (Wildman–Crippen MR) is 69.9 cm³/mol. The number of para-hydroxylation sites is 1. The molecule has 4 nitrogen and oxygen atoms in total. The van der Waals surface area contributed by atoms with Crippen molar-refractivity contribution in [2.45, 2.75) is 6.92 Å². The van der Waals surface area contributed by atoms with E-state index in [9.17, 15) is 14.7 Å². The average Bonchev–Trinajstić information content (AvgIpc) is 2.41. The van der Waals surface area contributed by atoms with Gasteiger partial charge in [0.25, 0.3) is 5.91 Å². The Morgan fingerprint density at radius 3 is 2.16 bits per heavy atom. The normalized spacial score (nSPS) is 9.95. The molecule has 96 valence electrons. The Morgan fingerprint density at radius 1 is 0.947 bits per heavy atom. The molecule has 0 aliphatic rings. The Hall–Kier alpha value is -2.62. The van der Waals surface area contributed by atoms with Crippen molar-refractivity contribution in [1.82, 2.24) is 0 Å². The van der Waals surface area contributed by atoms with Gasteiger partial charge in [0, 0.05) is 16.8 Å². The average molecular weight is 254 g/mol. The smallest absolute Gasteiger partial charge is 0.256 e. The fourth-order valence-electron chi connectivity index (χ4n) is 1.76. The van der Waals surface area contributed by atoms with Gasteiger partial charge in [-0.15, -0.1) is 0 Å². The van der Waals surface area contributed by atoms with Gasteiger partial charge in [-0.05, 0) is 24.6 Å². The molecule has 0 bridgehead atoms. The monoisotopic (exact) mass is 254 g/mol. The van der Waals surface area contributed by atoms with Crippen LogP contribution in [0.3, 0.4) is 0 Å². The van der Waals surface area contributed by atoms with E-state index in [0.717, 1.165) is 5.56 Å². The van der Waals surface area contributed by atoms with Crippen LogP contribution in [-0.4, -0.2) is 11.9 Å². The molecule has 1 N–H and O–H groups in total. The number of benzene rings is 2. The van der Waals surface area contributed by atoms with Crippen LogP contribution in [0.1, 0.15) is 26.3 Å². The summed E-state index contributed by atoms with van der Waals surface area (Å²) in [6.07, 6.45) is 0. The van der Waals surface area contributed by atoms with E-state index in [4.69, 9.17) is 0 Å². The van der Waals surface area contributed by atoms with Crippen LogP contribution in [0.4, 0.5) is 5.69 Å². The Balaban J connectivity index is 2.31. The van der Waals surface area contributed by atoms with E-state index in [2.05, 4.69) is 5.32 Å². The molecule has 0 radical (unpaired) electrons. The first kappa shape index (κ1) is 12.8. The third-order valence-corrected chi connectivity index (χ3v) is 2.78. The second kappa shape index (κ2) is 5.35. The van der Waals surface area contributed by atoms with Crippen molar-refractivity contribution in [3.05, 3.63) is 65.2 Å². The molecule has 2 rings (SSSR count). The van der Waals surface area contributed by atoms with E-state index in [0.29, 0.717) is 5.69 Å². The van der Waals surface area contributed by atoms with Crippen molar-refractivity contribution in [3.63, 3.8) is 0 Å². The van der Waals surface area contributed by atoms with Gasteiger partial charge in [0.15, 0.2) is 0 Å². The number of rotatable bonds is 3. The molecule has 0 saturated carbocycles. The minimum Gasteiger partial charge on any atom is -0.545 e. The molecule has 2 aromatic carbocycles. The number of hydrogen-bond donors (Lipinski definition) is 1. The first-order valence-corrected chi connectivity index (χ1v) is 5.77. The highest BCUT2D eigenvalue weighted by molar-refractivity contribution is 6.10. The highest BCUT2D eigenvalue weighted by Gasteiger charge is 2.12. The number of anilines is 1. The van der Waals surface area contributed by atoms with Gasteiger partial charge in [-0.1, -0.05) is 36.4 Å². The third-order valence-electron chi connectivity index (χ3n) is 2.78. The molecule has 2 aromatic rings. The lowest BCUT2D eigenvalue weighted by Gasteiger charge is -2.12. The number of hydrogen-bond acceptors (Lipinski definition) is 3. The highest BCUT2D eigenvalue weighted by atomic mass is 16.4. The molecule has 0 atom stereocenters. The van der Waals surface area contributed by atoms with Crippen molar-refractivity contribution in [2.75, 3.05) is 5.32 Å². The minimum atomic E-state index is -1.37. The van der Waals surface area contributed by atoms with Crippen LogP contribution in [0.15, 0.2) is 48.5 Å². The van der Waals surface area contributed by atoms with Gasteiger partial charge >= 0.3 is 0 Å². The van der Waals surface area contributed by atoms with Crippen molar-refractivity contribution in [1.29, 1.82) is 0 Å². The number of carboxylic acids is 1. The Morgan fingerprint density at radius 2 is 1.53 bits per heavy atom. The summed E-state index contributed by atoms with van der Waals surface area (Å²) in [5.41, 5.74) is 1.53. The minimum absolute atomic E-state index is 0.0887. The Kier molecular flexibility index (Phi) is 3.61. The maximum atomic E-state index is 12.1. The van der Waals surface area contributed by atoms with Gasteiger partial charge < -0.3 is 15.2 Å². The fraction of sp³-hybridized carbons (Fsp3) is 0.0667. The van der Waals surface area contributed by atoms with Gasteiger partial charge in [0.05, 0.1) is 5.97 Å². The van der Waals surface area contributed by atoms with Gasteiger partial charge in [0.1, 0.15) is 0 Å². The lowest BCUT2D eigenvalue weighted by molar-refractivity contribution is -0.255. The molecule has 19 heavy (non-hydrogen) atoms. The predicted octanol–water partition coefficient (Wildman–Crippen LogP) is 1.61. The summed E-state index contributed by atoms with van der Waals surface area (Å²) in [7, 11) is 0. The summed E-state index contributed by atoms with van der Waals surface area (Å²) in [4.78, 5) is 23.0. The molecule has 0 saturated heterocycles. The van der Waals surface area contributed by atoms with Crippen molar-refractivity contribution in [3.8, 4) is 0 Å². The van der Waals surface area contributed by atoms with Crippen LogP contribution in [-0.2, 0) is 0 Å². The molecular weight excluding hydrogens is 242 g/mol. The number of aryl methyl sites for hydroxylation is 1. The van der Waals surface area contributed by atoms with Crippen molar-refractivity contribution >= 4 is 17.6 Å². The van der Waals surface area contributed by atoms with E-state index in [-0.39, 0.29) is 11.1 Å². The Labute approximate surface area is 110 Å². The molecule has 4 heteroatoms. The standard InChI is InChI=1S/C15H13NO3/c1-10-6-2-5-9-13(10)16-14(17)11-7-3-4-8-12(11)15(18)19/h2-9H,1H3,(H,16,17)(H,18,19)/p-1. The molecule has 0 aromatic heterocycles. The zero-order valence-corrected chi connectivity index (χ0v) is 10.3. The number of nitrogens with one attached hydrogen (secondary N) is 1. The molecule has 1 amide bonds. The lowest BCUT2D eigenvalue weighted by Crippen LogP contribution is -2.26. The maximum Gasteiger partial charge on any atom is 0.256 e. The lowest BCUT2D eigenvalue weighted by atomic mass is 10.1. The van der Waals surface area contributed by atoms with Crippen LogP contribution < -0.4 is 10.4 Å².